The molecule has 5 nitrogen and oxygen atoms in total. The van der Waals surface area contributed by atoms with E-state index in [0.717, 1.165) is 0 Å². The average molecular weight is 159 g/mol. The second-order valence-electron chi connectivity index (χ2n) is 1.65. The van der Waals surface area contributed by atoms with Gasteiger partial charge in [0.15, 0.2) is 0 Å². The van der Waals surface area contributed by atoms with Gasteiger partial charge in [0.05, 0.1) is 0 Å². The number of nitrogens with zero attached hydrogens (tertiary/aromatic N) is 2. The zero-order valence-electron chi connectivity index (χ0n) is 4.94. The molecule has 10 heavy (non-hydrogen) atoms. The fourth-order valence-electron chi connectivity index (χ4n) is 0.520. The maximum absolute atomic E-state index is 10.0. The van der Waals surface area contributed by atoms with E-state index in [0.29, 0.717) is 11.4 Å². The number of hydrogen-bond donors (Lipinski definition) is 2. The smallest absolute Gasteiger partial charge is 0.390 e. The van der Waals surface area contributed by atoms with Crippen molar-refractivity contribution in [2.24, 2.45) is 0 Å². The molecule has 0 amide bonds. The zero-order valence-corrected chi connectivity index (χ0v) is 5.84. The lowest BCUT2D eigenvalue weighted by molar-refractivity contribution is -0.393. The van der Waals surface area contributed by atoms with E-state index < -0.39 is 4.92 Å². The van der Waals surface area contributed by atoms with Crippen LogP contribution >= 0.6 is 12.6 Å². The molecule has 0 fully saturated rings. The molecule has 0 bridgehead atoms. The Kier molecular flexibility index (Phi) is 1.91. The van der Waals surface area contributed by atoms with Crippen molar-refractivity contribution in [2.75, 3.05) is 0 Å². The molecule has 6 heteroatoms. The first kappa shape index (κ1) is 7.07. The first-order valence-electron chi connectivity index (χ1n) is 2.53. The fourth-order valence-corrected chi connectivity index (χ4v) is 0.681. The molecule has 0 aliphatic heterocycles. The fraction of sp³-hybridized carbons (Fsp3) is 0.250. The van der Waals surface area contributed by atoms with E-state index in [9.17, 15) is 10.1 Å². The van der Waals surface area contributed by atoms with E-state index in [2.05, 4.69) is 22.6 Å². The maximum Gasteiger partial charge on any atom is 0.432 e. The molecule has 54 valence electrons. The first-order chi connectivity index (χ1) is 4.74. The summed E-state index contributed by atoms with van der Waals surface area (Å²) >= 11 is 3.90. The molecule has 0 radical (unpaired) electrons. The van der Waals surface area contributed by atoms with Crippen molar-refractivity contribution in [3.63, 3.8) is 0 Å². The normalized spacial score (nSPS) is 9.70. The summed E-state index contributed by atoms with van der Waals surface area (Å²) in [6.45, 7) is 0. The van der Waals surface area contributed by atoms with Crippen molar-refractivity contribution in [1.29, 1.82) is 0 Å². The number of hydrogen-bond acceptors (Lipinski definition) is 4. The number of aromatic nitrogens is 2. The summed E-state index contributed by atoms with van der Waals surface area (Å²) < 4.78 is 0. The monoisotopic (exact) mass is 159 g/mol. The Balaban J connectivity index is 2.88. The molecule has 1 N–H and O–H groups in total. The molecule has 0 saturated carbocycles. The highest BCUT2D eigenvalue weighted by Crippen LogP contribution is 2.05. The van der Waals surface area contributed by atoms with Crippen molar-refractivity contribution in [1.82, 2.24) is 9.97 Å². The van der Waals surface area contributed by atoms with Gasteiger partial charge < -0.3 is 10.1 Å². The van der Waals surface area contributed by atoms with Gasteiger partial charge >= 0.3 is 5.95 Å². The third-order valence-electron chi connectivity index (χ3n) is 0.958. The Bertz CT molecular complexity index is 246. The Hall–Kier alpha value is -1.04. The van der Waals surface area contributed by atoms with Gasteiger partial charge in [-0.25, -0.2) is 4.98 Å². The first-order valence-corrected chi connectivity index (χ1v) is 3.16. The Morgan fingerprint density at radius 3 is 2.90 bits per heavy atom. The van der Waals surface area contributed by atoms with Crippen LogP contribution in [0.2, 0.25) is 0 Å². The van der Waals surface area contributed by atoms with Crippen molar-refractivity contribution in [3.8, 4) is 0 Å². The van der Waals surface area contributed by atoms with Gasteiger partial charge in [-0.3, -0.25) is 0 Å². The minimum absolute atomic E-state index is 0.232. The lowest BCUT2D eigenvalue weighted by Crippen LogP contribution is -1.89. The lowest BCUT2D eigenvalue weighted by atomic mass is 10.6. The van der Waals surface area contributed by atoms with Crippen molar-refractivity contribution >= 4 is 18.6 Å². The summed E-state index contributed by atoms with van der Waals surface area (Å²) in [7, 11) is 0. The molecule has 0 aliphatic rings. The molecule has 1 heterocycles. The topological polar surface area (TPSA) is 71.8 Å². The summed E-state index contributed by atoms with van der Waals surface area (Å²) in [5.41, 5.74) is 0.648. The molecule has 0 unspecified atom stereocenters. The quantitative estimate of drug-likeness (QED) is 0.380. The molecule has 0 saturated heterocycles. The van der Waals surface area contributed by atoms with Crippen LogP contribution in [0.5, 0.6) is 0 Å². The van der Waals surface area contributed by atoms with Gasteiger partial charge in [-0.1, -0.05) is 4.98 Å². The molecular weight excluding hydrogens is 154 g/mol. The standard InChI is InChI=1S/C4H5N3O2S/c8-7(9)4-5-1-3(2-10)6-4/h1,10H,2H2,(H,5,6). The number of rotatable bonds is 2. The van der Waals surface area contributed by atoms with Crippen LogP contribution in [0.4, 0.5) is 5.95 Å². The minimum Gasteiger partial charge on any atom is -0.390 e. The molecule has 1 rings (SSSR count). The molecule has 1 aromatic rings. The molecular formula is C4H5N3O2S. The van der Waals surface area contributed by atoms with Crippen LogP contribution in [0.15, 0.2) is 6.20 Å². The Morgan fingerprint density at radius 2 is 2.60 bits per heavy atom. The number of imidazole rings is 1. The van der Waals surface area contributed by atoms with Crippen LogP contribution in [0.25, 0.3) is 0 Å². The Labute approximate surface area is 62.0 Å². The molecule has 1 aromatic heterocycles. The van der Waals surface area contributed by atoms with E-state index in [1.165, 1.54) is 6.20 Å². The van der Waals surface area contributed by atoms with Gasteiger partial charge in [0, 0.05) is 5.75 Å². The van der Waals surface area contributed by atoms with E-state index in [4.69, 9.17) is 0 Å². The van der Waals surface area contributed by atoms with Crippen molar-refractivity contribution < 1.29 is 4.92 Å². The van der Waals surface area contributed by atoms with E-state index in [1.807, 2.05) is 0 Å². The van der Waals surface area contributed by atoms with Crippen LogP contribution in [-0.2, 0) is 5.75 Å². The zero-order chi connectivity index (χ0) is 7.56. The van der Waals surface area contributed by atoms with Crippen molar-refractivity contribution in [3.05, 3.63) is 22.0 Å². The number of nitro groups is 1. The predicted octanol–water partition coefficient (Wildman–Crippen LogP) is 0.748. The Morgan fingerprint density at radius 1 is 1.90 bits per heavy atom. The minimum atomic E-state index is -0.576. The second-order valence-corrected chi connectivity index (χ2v) is 1.96. The molecule has 0 aromatic carbocycles. The highest BCUT2D eigenvalue weighted by atomic mass is 32.1. The largest absolute Gasteiger partial charge is 0.432 e. The number of nitrogens with one attached hydrogen (secondary N) is 1. The summed E-state index contributed by atoms with van der Waals surface area (Å²) in [5.74, 6) is 0.199. The average Bonchev–Trinajstić information content (AvgIpc) is 2.34. The van der Waals surface area contributed by atoms with E-state index >= 15 is 0 Å². The van der Waals surface area contributed by atoms with Crippen LogP contribution in [0.1, 0.15) is 5.69 Å². The number of aromatic amines is 1. The van der Waals surface area contributed by atoms with Gasteiger partial charge in [0.1, 0.15) is 11.9 Å². The van der Waals surface area contributed by atoms with Crippen LogP contribution in [0.3, 0.4) is 0 Å². The van der Waals surface area contributed by atoms with Crippen LogP contribution < -0.4 is 0 Å². The highest BCUT2D eigenvalue weighted by Gasteiger charge is 2.08. The molecule has 0 aliphatic carbocycles. The van der Waals surface area contributed by atoms with Crippen molar-refractivity contribution in [2.45, 2.75) is 5.75 Å². The lowest BCUT2D eigenvalue weighted by Gasteiger charge is -1.85. The third-order valence-corrected chi connectivity index (χ3v) is 1.30. The molecule has 0 atom stereocenters. The summed E-state index contributed by atoms with van der Waals surface area (Å²) in [5, 5.41) is 10.0. The third kappa shape index (κ3) is 1.27. The van der Waals surface area contributed by atoms with Crippen LogP contribution in [0, 0.1) is 10.1 Å². The maximum atomic E-state index is 10.0. The summed E-state index contributed by atoms with van der Waals surface area (Å²) in [6.07, 6.45) is 1.39. The predicted molar refractivity (Wildman–Crippen MR) is 37.9 cm³/mol. The summed E-state index contributed by atoms with van der Waals surface area (Å²) in [6, 6.07) is 0. The van der Waals surface area contributed by atoms with Gasteiger partial charge in [-0.2, -0.15) is 12.6 Å². The van der Waals surface area contributed by atoms with Gasteiger partial charge in [0.2, 0.25) is 0 Å². The van der Waals surface area contributed by atoms with Crippen LogP contribution in [-0.4, -0.2) is 14.9 Å². The summed E-state index contributed by atoms with van der Waals surface area (Å²) in [4.78, 5) is 15.4. The number of H-pyrrole nitrogens is 1. The van der Waals surface area contributed by atoms with Gasteiger partial charge in [0.25, 0.3) is 0 Å². The van der Waals surface area contributed by atoms with E-state index in [-0.39, 0.29) is 5.95 Å². The second kappa shape index (κ2) is 2.70. The molecule has 0 spiro atoms. The van der Waals surface area contributed by atoms with Gasteiger partial charge in [-0.05, 0) is 4.92 Å². The SMILES string of the molecule is O=[N+]([O-])c1ncc(CS)[nH]1. The van der Waals surface area contributed by atoms with Gasteiger partial charge in [-0.15, -0.1) is 0 Å². The number of thiol groups is 1. The highest BCUT2D eigenvalue weighted by molar-refractivity contribution is 7.79. The van der Waals surface area contributed by atoms with E-state index in [1.54, 1.807) is 0 Å².